The van der Waals surface area contributed by atoms with Crippen molar-refractivity contribution in [1.82, 2.24) is 10.2 Å². The van der Waals surface area contributed by atoms with Crippen LogP contribution in [0, 0.1) is 0 Å². The van der Waals surface area contributed by atoms with Crippen LogP contribution in [-0.2, 0) is 14.4 Å². The zero-order valence-electron chi connectivity index (χ0n) is 11.7. The predicted molar refractivity (Wildman–Crippen MR) is 69.9 cm³/mol. The summed E-state index contributed by atoms with van der Waals surface area (Å²) < 4.78 is 24.5. The summed E-state index contributed by atoms with van der Waals surface area (Å²) in [5.41, 5.74) is 0. The molecule has 0 spiro atoms. The van der Waals surface area contributed by atoms with Crippen LogP contribution in [0.25, 0.3) is 0 Å². The van der Waals surface area contributed by atoms with E-state index in [1.807, 2.05) is 5.32 Å². The first-order valence-electron chi connectivity index (χ1n) is 6.98. The number of halogens is 2. The molecule has 0 radical (unpaired) electrons. The molecule has 0 bridgehead atoms. The van der Waals surface area contributed by atoms with Crippen molar-refractivity contribution in [3.05, 3.63) is 0 Å². The molecule has 0 aromatic carbocycles. The minimum absolute atomic E-state index is 0.161. The number of carbonyl (C=O) groups is 3. The number of aliphatic carboxylic acids is 1. The lowest BCUT2D eigenvalue weighted by atomic mass is 10.1. The molecule has 0 aliphatic carbocycles. The predicted octanol–water partition coefficient (Wildman–Crippen LogP) is 1.00. The summed E-state index contributed by atoms with van der Waals surface area (Å²) in [5.74, 6) is -2.40. The van der Waals surface area contributed by atoms with Crippen LogP contribution in [0.5, 0.6) is 0 Å². The number of carboxylic acid groups (broad SMARTS) is 1. The van der Waals surface area contributed by atoms with Crippen molar-refractivity contribution < 1.29 is 28.3 Å². The SMILES string of the molecule is O=C(CN1CCCCCCC1=O)NC(CC(F)F)C(=O)O. The largest absolute Gasteiger partial charge is 0.480 e. The van der Waals surface area contributed by atoms with Crippen LogP contribution in [-0.4, -0.2) is 53.3 Å². The van der Waals surface area contributed by atoms with E-state index in [0.29, 0.717) is 13.0 Å². The zero-order chi connectivity index (χ0) is 15.8. The summed E-state index contributed by atoms with van der Waals surface area (Å²) in [4.78, 5) is 35.7. The number of rotatable bonds is 6. The third kappa shape index (κ3) is 6.50. The molecule has 1 heterocycles. The fourth-order valence-corrected chi connectivity index (χ4v) is 2.20. The van der Waals surface area contributed by atoms with Crippen LogP contribution >= 0.6 is 0 Å². The molecular formula is C13H20F2N2O4. The van der Waals surface area contributed by atoms with Gasteiger partial charge in [-0.2, -0.15) is 0 Å². The third-order valence-electron chi connectivity index (χ3n) is 3.30. The minimum atomic E-state index is -2.82. The quantitative estimate of drug-likeness (QED) is 0.766. The van der Waals surface area contributed by atoms with Gasteiger partial charge in [0.15, 0.2) is 0 Å². The minimum Gasteiger partial charge on any atom is -0.480 e. The van der Waals surface area contributed by atoms with Gasteiger partial charge in [0.25, 0.3) is 0 Å². The summed E-state index contributed by atoms with van der Waals surface area (Å²) in [6, 6.07) is -1.64. The average molecular weight is 306 g/mol. The molecule has 0 saturated carbocycles. The highest BCUT2D eigenvalue weighted by Gasteiger charge is 2.26. The van der Waals surface area contributed by atoms with Gasteiger partial charge in [-0.1, -0.05) is 12.8 Å². The van der Waals surface area contributed by atoms with E-state index in [1.165, 1.54) is 4.90 Å². The van der Waals surface area contributed by atoms with Crippen LogP contribution in [0.3, 0.4) is 0 Å². The Morgan fingerprint density at radius 1 is 1.24 bits per heavy atom. The number of likely N-dealkylation sites (tertiary alicyclic amines) is 1. The molecule has 21 heavy (non-hydrogen) atoms. The second kappa shape index (κ2) is 8.53. The van der Waals surface area contributed by atoms with E-state index in [-0.39, 0.29) is 12.5 Å². The molecule has 1 aliphatic rings. The molecule has 0 aromatic heterocycles. The van der Waals surface area contributed by atoms with Crippen LogP contribution in [0.2, 0.25) is 0 Å². The molecule has 1 saturated heterocycles. The molecule has 0 aromatic rings. The van der Waals surface area contributed by atoms with Crippen molar-refractivity contribution >= 4 is 17.8 Å². The second-order valence-electron chi connectivity index (χ2n) is 5.06. The maximum atomic E-state index is 12.2. The highest BCUT2D eigenvalue weighted by atomic mass is 19.3. The standard InChI is InChI=1S/C13H20F2N2O4/c14-10(15)7-9(13(20)21)16-11(18)8-17-6-4-2-1-3-5-12(17)19/h9-10H,1-8H2,(H,16,18)(H,20,21). The number of carbonyl (C=O) groups excluding carboxylic acids is 2. The fraction of sp³-hybridized carbons (Fsp3) is 0.769. The van der Waals surface area contributed by atoms with E-state index in [0.717, 1.165) is 25.7 Å². The van der Waals surface area contributed by atoms with Crippen molar-refractivity contribution in [2.75, 3.05) is 13.1 Å². The molecule has 1 atom stereocenters. The van der Waals surface area contributed by atoms with Gasteiger partial charge in [0.1, 0.15) is 6.04 Å². The van der Waals surface area contributed by atoms with Gasteiger partial charge in [0.2, 0.25) is 18.2 Å². The van der Waals surface area contributed by atoms with Crippen molar-refractivity contribution in [3.63, 3.8) is 0 Å². The summed E-state index contributed by atoms with van der Waals surface area (Å²) in [6.07, 6.45) is 0.0606. The summed E-state index contributed by atoms with van der Waals surface area (Å²) >= 11 is 0. The molecule has 6 nitrogen and oxygen atoms in total. The summed E-state index contributed by atoms with van der Waals surface area (Å²) in [6.45, 7) is 0.144. The van der Waals surface area contributed by atoms with Crippen molar-refractivity contribution in [2.45, 2.75) is 51.0 Å². The Balaban J connectivity index is 2.53. The van der Waals surface area contributed by atoms with Gasteiger partial charge < -0.3 is 15.3 Å². The number of nitrogens with one attached hydrogen (secondary N) is 1. The first-order chi connectivity index (χ1) is 9.90. The number of hydrogen-bond acceptors (Lipinski definition) is 3. The maximum Gasteiger partial charge on any atom is 0.326 e. The van der Waals surface area contributed by atoms with Crippen molar-refractivity contribution in [1.29, 1.82) is 0 Å². The molecule has 2 amide bonds. The number of hydrogen-bond donors (Lipinski definition) is 2. The van der Waals surface area contributed by atoms with Crippen LogP contribution in [0.1, 0.15) is 38.5 Å². The Labute approximate surface area is 121 Å². The first-order valence-corrected chi connectivity index (χ1v) is 6.98. The fourth-order valence-electron chi connectivity index (χ4n) is 2.20. The Morgan fingerprint density at radius 2 is 1.90 bits per heavy atom. The smallest absolute Gasteiger partial charge is 0.326 e. The Hall–Kier alpha value is -1.73. The molecule has 1 unspecified atom stereocenters. The Kier molecular flexibility index (Phi) is 7.04. The Morgan fingerprint density at radius 3 is 2.52 bits per heavy atom. The Bertz CT molecular complexity index is 390. The number of nitrogens with zero attached hydrogens (tertiary/aromatic N) is 1. The van der Waals surface area contributed by atoms with Crippen molar-refractivity contribution in [2.24, 2.45) is 0 Å². The molecule has 1 aliphatic heterocycles. The van der Waals surface area contributed by atoms with Crippen molar-refractivity contribution in [3.8, 4) is 0 Å². The topological polar surface area (TPSA) is 86.7 Å². The summed E-state index contributed by atoms with van der Waals surface area (Å²) in [5, 5.41) is 10.8. The molecular weight excluding hydrogens is 286 g/mol. The van der Waals surface area contributed by atoms with Gasteiger partial charge in [-0.3, -0.25) is 9.59 Å². The number of amides is 2. The highest BCUT2D eigenvalue weighted by molar-refractivity contribution is 5.87. The number of alkyl halides is 2. The normalized spacial score (nSPS) is 18.0. The molecule has 2 N–H and O–H groups in total. The van der Waals surface area contributed by atoms with E-state index in [1.54, 1.807) is 0 Å². The van der Waals surface area contributed by atoms with Crippen LogP contribution in [0.4, 0.5) is 8.78 Å². The van der Waals surface area contributed by atoms with Gasteiger partial charge in [-0.15, -0.1) is 0 Å². The van der Waals surface area contributed by atoms with E-state index in [4.69, 9.17) is 5.11 Å². The number of carboxylic acids is 1. The molecule has 1 rings (SSSR count). The van der Waals surface area contributed by atoms with E-state index in [9.17, 15) is 23.2 Å². The van der Waals surface area contributed by atoms with Gasteiger partial charge in [0.05, 0.1) is 6.54 Å². The van der Waals surface area contributed by atoms with Crippen LogP contribution in [0.15, 0.2) is 0 Å². The van der Waals surface area contributed by atoms with Gasteiger partial charge in [-0.05, 0) is 12.8 Å². The lowest BCUT2D eigenvalue weighted by Gasteiger charge is -2.25. The van der Waals surface area contributed by atoms with E-state index < -0.39 is 30.8 Å². The van der Waals surface area contributed by atoms with E-state index >= 15 is 0 Å². The average Bonchev–Trinajstić information content (AvgIpc) is 2.37. The van der Waals surface area contributed by atoms with Gasteiger partial charge in [0, 0.05) is 19.4 Å². The lowest BCUT2D eigenvalue weighted by Crippen LogP contribution is -2.48. The molecule has 8 heteroatoms. The lowest BCUT2D eigenvalue weighted by molar-refractivity contribution is -0.143. The molecule has 120 valence electrons. The maximum absolute atomic E-state index is 12.2. The summed E-state index contributed by atoms with van der Waals surface area (Å²) in [7, 11) is 0. The van der Waals surface area contributed by atoms with Gasteiger partial charge >= 0.3 is 5.97 Å². The van der Waals surface area contributed by atoms with E-state index in [2.05, 4.69) is 0 Å². The first kappa shape index (κ1) is 17.3. The van der Waals surface area contributed by atoms with Gasteiger partial charge in [-0.25, -0.2) is 13.6 Å². The second-order valence-corrected chi connectivity index (χ2v) is 5.06. The molecule has 1 fully saturated rings. The highest BCUT2D eigenvalue weighted by Crippen LogP contribution is 2.11. The zero-order valence-corrected chi connectivity index (χ0v) is 11.7. The van der Waals surface area contributed by atoms with Crippen LogP contribution < -0.4 is 5.32 Å². The third-order valence-corrected chi connectivity index (χ3v) is 3.30. The monoisotopic (exact) mass is 306 g/mol.